The summed E-state index contributed by atoms with van der Waals surface area (Å²) >= 11 is 0. The van der Waals surface area contributed by atoms with Gasteiger partial charge in [0.15, 0.2) is 17.4 Å². The molecule has 0 aromatic carbocycles. The Morgan fingerprint density at radius 1 is 1.26 bits per heavy atom. The van der Waals surface area contributed by atoms with E-state index in [0.717, 1.165) is 63.0 Å². The van der Waals surface area contributed by atoms with Crippen LogP contribution in [0.2, 0.25) is 0 Å². The lowest BCUT2D eigenvalue weighted by atomic mass is 10.1. The van der Waals surface area contributed by atoms with Crippen LogP contribution in [-0.2, 0) is 16.0 Å². The molecule has 2 aromatic rings. The van der Waals surface area contributed by atoms with E-state index in [4.69, 9.17) is 9.47 Å². The summed E-state index contributed by atoms with van der Waals surface area (Å²) in [6, 6.07) is 5.89. The Kier molecular flexibility index (Phi) is 9.22. The molecule has 2 aromatic heterocycles. The number of aliphatic imine (C=N–C) groups is 1. The van der Waals surface area contributed by atoms with Gasteiger partial charge in [0.2, 0.25) is 0 Å². The fraction of sp³-hybridized carbons (Fsp3) is 0.611. The molecule has 8 nitrogen and oxygen atoms in total. The van der Waals surface area contributed by atoms with Gasteiger partial charge < -0.3 is 19.7 Å². The average Bonchev–Trinajstić information content (AvgIpc) is 3.10. The number of piperidine rings is 1. The summed E-state index contributed by atoms with van der Waals surface area (Å²) in [4.78, 5) is 6.70. The van der Waals surface area contributed by atoms with Crippen molar-refractivity contribution in [2.24, 2.45) is 4.99 Å². The number of aromatic nitrogens is 3. The number of pyridine rings is 1. The quantitative estimate of drug-likeness (QED) is 0.278. The molecule has 3 rings (SSSR count). The normalized spacial score (nSPS) is 15.8. The van der Waals surface area contributed by atoms with E-state index in [0.29, 0.717) is 12.6 Å². The maximum atomic E-state index is 5.93. The van der Waals surface area contributed by atoms with E-state index < -0.39 is 0 Å². The van der Waals surface area contributed by atoms with Crippen LogP contribution < -0.4 is 5.32 Å². The number of methoxy groups -OCH3 is 1. The number of nitrogens with zero attached hydrogens (tertiary/aromatic N) is 5. The molecule has 0 radical (unpaired) electrons. The lowest BCUT2D eigenvalue weighted by Gasteiger charge is -2.34. The number of guanidine groups is 1. The number of likely N-dealkylation sites (tertiary alicyclic amines) is 1. The van der Waals surface area contributed by atoms with E-state index in [2.05, 4.69) is 25.4 Å². The Labute approximate surface area is 177 Å². The van der Waals surface area contributed by atoms with Crippen molar-refractivity contribution in [3.05, 3.63) is 30.2 Å². The van der Waals surface area contributed by atoms with E-state index in [1.54, 1.807) is 7.11 Å². The topological polar surface area (TPSA) is 76.3 Å². The number of rotatable bonds is 7. The van der Waals surface area contributed by atoms with E-state index in [1.807, 2.05) is 35.8 Å². The monoisotopic (exact) mass is 488 g/mol. The molecule has 1 aliphatic rings. The molecule has 0 unspecified atom stereocenters. The van der Waals surface area contributed by atoms with Crippen LogP contribution in [0.15, 0.2) is 29.4 Å². The van der Waals surface area contributed by atoms with E-state index in [1.165, 1.54) is 0 Å². The summed E-state index contributed by atoms with van der Waals surface area (Å²) in [5.41, 5.74) is 0.853. The number of ether oxygens (including phenoxy) is 2. The number of nitrogens with one attached hydrogen (secondary N) is 1. The minimum Gasteiger partial charge on any atom is -0.385 e. The molecule has 1 N–H and O–H groups in total. The lowest BCUT2D eigenvalue weighted by molar-refractivity contribution is 0.00989. The highest BCUT2D eigenvalue weighted by Gasteiger charge is 2.22. The Morgan fingerprint density at radius 2 is 2.07 bits per heavy atom. The molecular weight excluding hydrogens is 459 g/mol. The van der Waals surface area contributed by atoms with Gasteiger partial charge in [0.05, 0.1) is 12.6 Å². The molecule has 0 saturated carbocycles. The standard InChI is InChI=1S/C18H28N6O2.HI/c1-19-18(20-14-17-22-21-16-6-3-4-9-24(16)17)23-10-7-15(8-11-23)26-13-5-12-25-2;/h3-4,6,9,15H,5,7-8,10-14H2,1-2H3,(H,19,20);1H. The third-order valence-corrected chi connectivity index (χ3v) is 4.59. The molecule has 150 valence electrons. The van der Waals surface area contributed by atoms with Crippen LogP contribution in [-0.4, -0.2) is 72.0 Å². The molecule has 0 amide bonds. The molecule has 0 bridgehead atoms. The van der Waals surface area contributed by atoms with Crippen molar-refractivity contribution in [1.82, 2.24) is 24.8 Å². The first-order valence-corrected chi connectivity index (χ1v) is 9.16. The first-order valence-electron chi connectivity index (χ1n) is 9.16. The van der Waals surface area contributed by atoms with Crippen molar-refractivity contribution >= 4 is 35.6 Å². The van der Waals surface area contributed by atoms with Gasteiger partial charge in [0.25, 0.3) is 0 Å². The Morgan fingerprint density at radius 3 is 2.81 bits per heavy atom. The molecule has 0 atom stereocenters. The van der Waals surface area contributed by atoms with Crippen molar-refractivity contribution in [2.75, 3.05) is 40.5 Å². The Balaban J connectivity index is 0.00000261. The van der Waals surface area contributed by atoms with Crippen LogP contribution in [0.4, 0.5) is 0 Å². The maximum Gasteiger partial charge on any atom is 0.194 e. The second-order valence-electron chi connectivity index (χ2n) is 6.35. The zero-order valence-corrected chi connectivity index (χ0v) is 18.3. The van der Waals surface area contributed by atoms with Crippen LogP contribution in [0.3, 0.4) is 0 Å². The summed E-state index contributed by atoms with van der Waals surface area (Å²) in [5.74, 6) is 1.77. The Bertz CT molecular complexity index is 715. The largest absolute Gasteiger partial charge is 0.385 e. The second-order valence-corrected chi connectivity index (χ2v) is 6.35. The zero-order chi connectivity index (χ0) is 18.2. The maximum absolute atomic E-state index is 5.93. The molecule has 1 saturated heterocycles. The summed E-state index contributed by atoms with van der Waals surface area (Å²) in [6.07, 6.45) is 5.29. The molecule has 0 aliphatic carbocycles. The van der Waals surface area contributed by atoms with Crippen molar-refractivity contribution in [1.29, 1.82) is 0 Å². The summed E-state index contributed by atoms with van der Waals surface area (Å²) in [7, 11) is 3.54. The molecule has 9 heteroatoms. The predicted molar refractivity (Wildman–Crippen MR) is 116 cm³/mol. The van der Waals surface area contributed by atoms with Gasteiger partial charge in [0, 0.05) is 46.7 Å². The van der Waals surface area contributed by atoms with Gasteiger partial charge in [0.1, 0.15) is 0 Å². The van der Waals surface area contributed by atoms with Crippen molar-refractivity contribution in [3.8, 4) is 0 Å². The number of hydrogen-bond acceptors (Lipinski definition) is 5. The molecule has 0 spiro atoms. The van der Waals surface area contributed by atoms with Crippen molar-refractivity contribution in [2.45, 2.75) is 31.9 Å². The minimum absolute atomic E-state index is 0. The van der Waals surface area contributed by atoms with Crippen LogP contribution in [0.25, 0.3) is 5.65 Å². The predicted octanol–water partition coefficient (Wildman–Crippen LogP) is 1.94. The van der Waals surface area contributed by atoms with Crippen LogP contribution >= 0.6 is 24.0 Å². The fourth-order valence-electron chi connectivity index (χ4n) is 3.19. The van der Waals surface area contributed by atoms with Crippen molar-refractivity contribution in [3.63, 3.8) is 0 Å². The van der Waals surface area contributed by atoms with Gasteiger partial charge in [-0.1, -0.05) is 6.07 Å². The number of fused-ring (bicyclic) bond motifs is 1. The number of halogens is 1. The van der Waals surface area contributed by atoms with Crippen molar-refractivity contribution < 1.29 is 9.47 Å². The van der Waals surface area contributed by atoms with Crippen LogP contribution in [0.5, 0.6) is 0 Å². The fourth-order valence-corrected chi connectivity index (χ4v) is 3.19. The smallest absolute Gasteiger partial charge is 0.194 e. The highest BCUT2D eigenvalue weighted by atomic mass is 127. The Hall–Kier alpha value is -1.46. The summed E-state index contributed by atoms with van der Waals surface area (Å²) < 4.78 is 13.0. The number of hydrogen-bond donors (Lipinski definition) is 1. The highest BCUT2D eigenvalue weighted by Crippen LogP contribution is 2.14. The van der Waals surface area contributed by atoms with Gasteiger partial charge in [-0.2, -0.15) is 0 Å². The SMILES string of the molecule is CN=C(NCc1nnc2ccccn12)N1CCC(OCCCOC)CC1.I. The third-order valence-electron chi connectivity index (χ3n) is 4.59. The molecule has 3 heterocycles. The van der Waals surface area contributed by atoms with E-state index in [9.17, 15) is 0 Å². The molecule has 1 fully saturated rings. The van der Waals surface area contributed by atoms with E-state index in [-0.39, 0.29) is 24.0 Å². The first kappa shape index (κ1) is 21.8. The van der Waals surface area contributed by atoms with E-state index >= 15 is 0 Å². The molecule has 27 heavy (non-hydrogen) atoms. The van der Waals surface area contributed by atoms with Gasteiger partial charge in [-0.25, -0.2) is 0 Å². The second kappa shape index (κ2) is 11.4. The molecule has 1 aliphatic heterocycles. The third kappa shape index (κ3) is 6.01. The van der Waals surface area contributed by atoms with Gasteiger partial charge in [-0.05, 0) is 31.4 Å². The zero-order valence-electron chi connectivity index (χ0n) is 16.0. The van der Waals surface area contributed by atoms with Gasteiger partial charge >= 0.3 is 0 Å². The van der Waals surface area contributed by atoms with Gasteiger partial charge in [-0.3, -0.25) is 9.39 Å². The summed E-state index contributed by atoms with van der Waals surface area (Å²) in [6.45, 7) is 3.99. The minimum atomic E-state index is 0. The van der Waals surface area contributed by atoms with Crippen LogP contribution in [0.1, 0.15) is 25.1 Å². The van der Waals surface area contributed by atoms with Crippen LogP contribution in [0, 0.1) is 0 Å². The van der Waals surface area contributed by atoms with Gasteiger partial charge in [-0.15, -0.1) is 34.2 Å². The first-order chi connectivity index (χ1) is 12.8. The average molecular weight is 488 g/mol. The lowest BCUT2D eigenvalue weighted by Crippen LogP contribution is -2.47. The summed E-state index contributed by atoms with van der Waals surface area (Å²) in [5, 5.41) is 11.8. The highest BCUT2D eigenvalue weighted by molar-refractivity contribution is 14.0. The molecular formula is C18H29IN6O2.